The fraction of sp³-hybridized carbons (Fsp3) is 0.250. The SMILES string of the molecule is Oc1ccc2c(c1)OC[C@]1(O)Cc3cc(O)c(O)cc3[C@H]21. The largest absolute Gasteiger partial charge is 0.508 e. The molecular formula is C16H14O5. The van der Waals surface area contributed by atoms with Crippen LogP contribution in [0.15, 0.2) is 30.3 Å². The summed E-state index contributed by atoms with van der Waals surface area (Å²) in [6.45, 7) is 0.102. The molecule has 21 heavy (non-hydrogen) atoms. The van der Waals surface area contributed by atoms with Crippen LogP contribution >= 0.6 is 0 Å². The molecule has 0 amide bonds. The van der Waals surface area contributed by atoms with Crippen LogP contribution in [0.1, 0.15) is 22.6 Å². The molecule has 0 radical (unpaired) electrons. The van der Waals surface area contributed by atoms with E-state index in [0.717, 1.165) is 16.7 Å². The molecule has 108 valence electrons. The smallest absolute Gasteiger partial charge is 0.157 e. The number of hydrogen-bond acceptors (Lipinski definition) is 5. The highest BCUT2D eigenvalue weighted by Gasteiger charge is 2.50. The van der Waals surface area contributed by atoms with Crippen molar-refractivity contribution in [3.63, 3.8) is 0 Å². The van der Waals surface area contributed by atoms with Crippen molar-refractivity contribution in [3.8, 4) is 23.0 Å². The van der Waals surface area contributed by atoms with Gasteiger partial charge in [0.1, 0.15) is 23.7 Å². The molecule has 1 heterocycles. The average Bonchev–Trinajstić information content (AvgIpc) is 2.71. The molecule has 4 N–H and O–H groups in total. The van der Waals surface area contributed by atoms with Crippen molar-refractivity contribution < 1.29 is 25.2 Å². The first kappa shape index (κ1) is 12.3. The summed E-state index contributed by atoms with van der Waals surface area (Å²) >= 11 is 0. The lowest BCUT2D eigenvalue weighted by Crippen LogP contribution is -2.43. The molecule has 0 saturated heterocycles. The van der Waals surface area contributed by atoms with E-state index < -0.39 is 5.60 Å². The number of phenolic OH excluding ortho intramolecular Hbond substituents is 3. The Morgan fingerprint density at radius 3 is 2.57 bits per heavy atom. The van der Waals surface area contributed by atoms with Crippen LogP contribution in [-0.2, 0) is 6.42 Å². The van der Waals surface area contributed by atoms with Crippen molar-refractivity contribution in [2.75, 3.05) is 6.61 Å². The zero-order valence-electron chi connectivity index (χ0n) is 11.1. The second kappa shape index (κ2) is 3.83. The van der Waals surface area contributed by atoms with Crippen LogP contribution in [0, 0.1) is 0 Å². The Balaban J connectivity index is 1.95. The van der Waals surface area contributed by atoms with Gasteiger partial charge in [0.05, 0.1) is 0 Å². The Bertz CT molecular complexity index is 755. The van der Waals surface area contributed by atoms with Crippen molar-refractivity contribution in [1.82, 2.24) is 0 Å². The molecule has 0 bridgehead atoms. The topological polar surface area (TPSA) is 90.2 Å². The normalized spacial score (nSPS) is 25.7. The van der Waals surface area contributed by atoms with Crippen LogP contribution in [0.5, 0.6) is 23.0 Å². The predicted octanol–water partition coefficient (Wildman–Crippen LogP) is 1.61. The van der Waals surface area contributed by atoms with Gasteiger partial charge in [-0.15, -0.1) is 0 Å². The second-order valence-corrected chi connectivity index (χ2v) is 5.76. The Morgan fingerprint density at radius 1 is 1.00 bits per heavy atom. The summed E-state index contributed by atoms with van der Waals surface area (Å²) in [5.74, 6) is -0.105. The lowest BCUT2D eigenvalue weighted by Gasteiger charge is -2.36. The molecule has 2 aromatic rings. The van der Waals surface area contributed by atoms with Crippen molar-refractivity contribution in [1.29, 1.82) is 0 Å². The highest BCUT2D eigenvalue weighted by molar-refractivity contribution is 5.58. The van der Waals surface area contributed by atoms with Gasteiger partial charge in [0, 0.05) is 24.0 Å². The van der Waals surface area contributed by atoms with E-state index in [1.54, 1.807) is 12.1 Å². The fourth-order valence-electron chi connectivity index (χ4n) is 3.46. The van der Waals surface area contributed by atoms with Gasteiger partial charge in [0.2, 0.25) is 0 Å². The number of aliphatic hydroxyl groups is 1. The summed E-state index contributed by atoms with van der Waals surface area (Å²) in [6.07, 6.45) is 0.348. The lowest BCUT2D eigenvalue weighted by molar-refractivity contribution is -0.0218. The minimum Gasteiger partial charge on any atom is -0.508 e. The first-order valence-corrected chi connectivity index (χ1v) is 6.71. The van der Waals surface area contributed by atoms with E-state index in [9.17, 15) is 20.4 Å². The van der Waals surface area contributed by atoms with Gasteiger partial charge in [-0.25, -0.2) is 0 Å². The van der Waals surface area contributed by atoms with E-state index >= 15 is 0 Å². The zero-order chi connectivity index (χ0) is 14.8. The van der Waals surface area contributed by atoms with Crippen LogP contribution in [0.25, 0.3) is 0 Å². The van der Waals surface area contributed by atoms with E-state index in [1.165, 1.54) is 18.2 Å². The van der Waals surface area contributed by atoms with Crippen LogP contribution in [-0.4, -0.2) is 32.6 Å². The number of benzene rings is 2. The van der Waals surface area contributed by atoms with Crippen molar-refractivity contribution in [3.05, 3.63) is 47.0 Å². The van der Waals surface area contributed by atoms with Gasteiger partial charge >= 0.3 is 0 Å². The van der Waals surface area contributed by atoms with Crippen molar-refractivity contribution >= 4 is 0 Å². The number of rotatable bonds is 0. The first-order chi connectivity index (χ1) is 9.98. The molecule has 2 atom stereocenters. The Hall–Kier alpha value is -2.40. The number of phenols is 3. The third-order valence-electron chi connectivity index (χ3n) is 4.37. The third kappa shape index (κ3) is 1.61. The molecule has 0 unspecified atom stereocenters. The van der Waals surface area contributed by atoms with Gasteiger partial charge < -0.3 is 25.2 Å². The summed E-state index contributed by atoms with van der Waals surface area (Å²) in [7, 11) is 0. The van der Waals surface area contributed by atoms with Gasteiger partial charge in [-0.2, -0.15) is 0 Å². The first-order valence-electron chi connectivity index (χ1n) is 6.71. The molecule has 0 spiro atoms. The summed E-state index contributed by atoms with van der Waals surface area (Å²) < 4.78 is 5.58. The molecule has 0 saturated carbocycles. The van der Waals surface area contributed by atoms with Crippen LogP contribution in [0.2, 0.25) is 0 Å². The fourth-order valence-corrected chi connectivity index (χ4v) is 3.46. The summed E-state index contributed by atoms with van der Waals surface area (Å²) in [5.41, 5.74) is 1.24. The molecule has 2 aromatic carbocycles. The standard InChI is InChI=1S/C16H14O5/c17-9-1-2-10-14(4-9)21-7-16(20)6-8-3-12(18)13(19)5-11(8)15(10)16/h1-5,15,17-20H,6-7H2/t15-,16+/m0/s1. The minimum absolute atomic E-state index is 0.102. The summed E-state index contributed by atoms with van der Waals surface area (Å²) in [5, 5.41) is 39.8. The number of hydrogen-bond donors (Lipinski definition) is 4. The maximum absolute atomic E-state index is 10.9. The molecule has 5 nitrogen and oxygen atoms in total. The van der Waals surface area contributed by atoms with Gasteiger partial charge in [0.15, 0.2) is 11.5 Å². The lowest BCUT2D eigenvalue weighted by atomic mass is 9.80. The zero-order valence-corrected chi connectivity index (χ0v) is 11.1. The van der Waals surface area contributed by atoms with Crippen LogP contribution in [0.3, 0.4) is 0 Å². The second-order valence-electron chi connectivity index (χ2n) is 5.76. The summed E-state index contributed by atoms with van der Waals surface area (Å²) in [6, 6.07) is 7.77. The van der Waals surface area contributed by atoms with E-state index in [1.807, 2.05) is 0 Å². The number of fused-ring (bicyclic) bond motifs is 5. The molecular weight excluding hydrogens is 272 g/mol. The Kier molecular flexibility index (Phi) is 2.25. The Labute approximate surface area is 120 Å². The maximum atomic E-state index is 10.9. The van der Waals surface area contributed by atoms with Crippen LogP contribution < -0.4 is 4.74 Å². The van der Waals surface area contributed by atoms with E-state index in [4.69, 9.17) is 4.74 Å². The average molecular weight is 286 g/mol. The minimum atomic E-state index is -1.10. The Morgan fingerprint density at radius 2 is 1.76 bits per heavy atom. The van der Waals surface area contributed by atoms with Gasteiger partial charge in [-0.05, 0) is 29.3 Å². The van der Waals surface area contributed by atoms with Crippen molar-refractivity contribution in [2.45, 2.75) is 17.9 Å². The van der Waals surface area contributed by atoms with Crippen LogP contribution in [0.4, 0.5) is 0 Å². The quantitative estimate of drug-likeness (QED) is 0.552. The molecule has 4 rings (SSSR count). The molecule has 0 aromatic heterocycles. The van der Waals surface area contributed by atoms with Crippen molar-refractivity contribution in [2.24, 2.45) is 0 Å². The predicted molar refractivity (Wildman–Crippen MR) is 73.9 cm³/mol. The van der Waals surface area contributed by atoms with Gasteiger partial charge in [0.25, 0.3) is 0 Å². The molecule has 1 aliphatic carbocycles. The molecule has 2 aliphatic rings. The third-order valence-corrected chi connectivity index (χ3v) is 4.37. The van der Waals surface area contributed by atoms with Gasteiger partial charge in [-0.1, -0.05) is 6.07 Å². The van der Waals surface area contributed by atoms with E-state index in [2.05, 4.69) is 0 Å². The van der Waals surface area contributed by atoms with Gasteiger partial charge in [-0.3, -0.25) is 0 Å². The molecule has 0 fully saturated rings. The molecule has 1 aliphatic heterocycles. The molecule has 5 heteroatoms. The monoisotopic (exact) mass is 286 g/mol. The number of ether oxygens (including phenoxy) is 1. The van der Waals surface area contributed by atoms with E-state index in [0.29, 0.717) is 12.2 Å². The van der Waals surface area contributed by atoms with E-state index in [-0.39, 0.29) is 29.8 Å². The summed E-state index contributed by atoms with van der Waals surface area (Å²) in [4.78, 5) is 0. The highest BCUT2D eigenvalue weighted by Crippen LogP contribution is 2.52. The maximum Gasteiger partial charge on any atom is 0.157 e. The number of aromatic hydroxyl groups is 3. The highest BCUT2D eigenvalue weighted by atomic mass is 16.5.